The molecule has 3 heterocycles. The first-order valence-corrected chi connectivity index (χ1v) is 20.7. The van der Waals surface area contributed by atoms with Gasteiger partial charge >= 0.3 is 6.03 Å². The van der Waals surface area contributed by atoms with Crippen LogP contribution in [0.2, 0.25) is 0 Å². The van der Waals surface area contributed by atoms with Crippen molar-refractivity contribution in [3.8, 4) is 5.75 Å². The van der Waals surface area contributed by atoms with E-state index in [4.69, 9.17) is 4.74 Å². The number of anilines is 1. The minimum absolute atomic E-state index is 0.0394. The molecule has 5 amide bonds. The topological polar surface area (TPSA) is 191 Å². The van der Waals surface area contributed by atoms with Crippen molar-refractivity contribution in [2.45, 2.75) is 89.4 Å². The Bertz CT molecular complexity index is 2350. The van der Waals surface area contributed by atoms with Gasteiger partial charge in [-0.05, 0) is 77.0 Å². The fourth-order valence-corrected chi connectivity index (χ4v) is 8.32. The number of benzene rings is 3. The van der Waals surface area contributed by atoms with Crippen molar-refractivity contribution in [2.75, 3.05) is 32.6 Å². The van der Waals surface area contributed by atoms with Gasteiger partial charge in [-0.2, -0.15) is 5.10 Å². The first kappa shape index (κ1) is 42.6. The number of hydrogen-bond acceptors (Lipinski definition) is 10. The molecule has 318 valence electrons. The lowest BCUT2D eigenvalue weighted by Crippen LogP contribution is -2.48. The van der Waals surface area contributed by atoms with E-state index in [0.717, 1.165) is 34.6 Å². The van der Waals surface area contributed by atoms with E-state index in [9.17, 15) is 33.6 Å². The Labute approximate surface area is 354 Å². The van der Waals surface area contributed by atoms with Crippen molar-refractivity contribution in [1.29, 1.82) is 0 Å². The van der Waals surface area contributed by atoms with Gasteiger partial charge in [0.15, 0.2) is 17.4 Å². The maximum atomic E-state index is 13.7. The molecule has 1 aliphatic carbocycles. The number of aromatic nitrogens is 2. The number of rotatable bonds is 16. The highest BCUT2D eigenvalue weighted by molar-refractivity contribution is 6.24. The Kier molecular flexibility index (Phi) is 12.6. The third-order valence-electron chi connectivity index (χ3n) is 11.7. The minimum Gasteiger partial charge on any atom is -0.493 e. The summed E-state index contributed by atoms with van der Waals surface area (Å²) in [5.74, 6) is -1.54. The average Bonchev–Trinajstić information content (AvgIpc) is 3.85. The zero-order chi connectivity index (χ0) is 43.4. The van der Waals surface area contributed by atoms with Gasteiger partial charge < -0.3 is 25.2 Å². The van der Waals surface area contributed by atoms with Gasteiger partial charge in [0.2, 0.25) is 0 Å². The van der Waals surface area contributed by atoms with Crippen LogP contribution in [0.25, 0.3) is 0 Å². The van der Waals surface area contributed by atoms with Gasteiger partial charge in [0.1, 0.15) is 11.5 Å². The summed E-state index contributed by atoms with van der Waals surface area (Å²) in [5, 5.41) is 13.5. The monoisotopic (exact) mass is 829 g/mol. The maximum Gasteiger partial charge on any atom is 0.319 e. The SMILES string of the molecule is CN(C)C[C@@H](NC(=O)N1Cc2c(NC(=O)c3ccc(C(=O)CCCCCCOc4cccc5c4C(=O)N(C4CCC(=O)CC4=O)C5=O)cc3)n[nH]c2C1(C)C)c1ccccc1. The molecule has 1 aromatic heterocycles. The number of likely N-dealkylation sites (N-methyl/N-ethyl adjacent to an activating group) is 1. The molecule has 1 fully saturated rings. The second-order valence-electron chi connectivity index (χ2n) is 16.6. The van der Waals surface area contributed by atoms with E-state index < -0.39 is 35.1 Å². The van der Waals surface area contributed by atoms with E-state index in [1.54, 1.807) is 47.4 Å². The molecule has 2 aliphatic heterocycles. The van der Waals surface area contributed by atoms with E-state index in [-0.39, 0.29) is 66.3 Å². The number of nitrogens with zero attached hydrogens (tertiary/aromatic N) is 4. The molecule has 1 saturated carbocycles. The van der Waals surface area contributed by atoms with Crippen LogP contribution in [0.4, 0.5) is 10.6 Å². The number of unbranched alkanes of at least 4 members (excludes halogenated alkanes) is 3. The smallest absolute Gasteiger partial charge is 0.319 e. The summed E-state index contributed by atoms with van der Waals surface area (Å²) in [6.45, 7) is 5.03. The second kappa shape index (κ2) is 18.0. The first-order chi connectivity index (χ1) is 29.2. The maximum absolute atomic E-state index is 13.7. The van der Waals surface area contributed by atoms with Crippen LogP contribution in [0.15, 0.2) is 72.8 Å². The second-order valence-corrected chi connectivity index (χ2v) is 16.6. The largest absolute Gasteiger partial charge is 0.493 e. The third kappa shape index (κ3) is 9.02. The van der Waals surface area contributed by atoms with Crippen LogP contribution in [0.3, 0.4) is 0 Å². The highest BCUT2D eigenvalue weighted by Crippen LogP contribution is 2.41. The Morgan fingerprint density at radius 1 is 0.902 bits per heavy atom. The fraction of sp³-hybridized carbons (Fsp3) is 0.391. The standard InChI is InChI=1S/C46H51N7O8/c1-46(2)40-33(26-52(46)45(60)47-34(27-51(3)4)28-13-8-7-9-14-28)41(50-49-40)48-42(57)30-20-18-29(19-21-30)36(55)16-10-5-6-11-24-61-38-17-12-15-32-39(38)44(59)53(43(32)58)35-23-22-31(54)25-37(35)56/h7-9,12-15,17-21,34-35H,5-6,10-11,16,22-27H2,1-4H3,(H,47,60)(H2,48,49,50,57)/t34-,35?/m1/s1. The van der Waals surface area contributed by atoms with Crippen LogP contribution in [0.1, 0.15) is 130 Å². The quantitative estimate of drug-likeness (QED) is 0.0506. The molecule has 3 aromatic carbocycles. The summed E-state index contributed by atoms with van der Waals surface area (Å²) in [6, 6.07) is 19.7. The van der Waals surface area contributed by atoms with E-state index >= 15 is 0 Å². The Balaban J connectivity index is 0.854. The van der Waals surface area contributed by atoms with Gasteiger partial charge in [0, 0.05) is 36.1 Å². The molecule has 0 radical (unpaired) electrons. The summed E-state index contributed by atoms with van der Waals surface area (Å²) in [4.78, 5) is 95.4. The van der Waals surface area contributed by atoms with Gasteiger partial charge in [0.05, 0.1) is 54.0 Å². The normalized spacial score (nSPS) is 17.4. The summed E-state index contributed by atoms with van der Waals surface area (Å²) in [5.41, 5.74) is 2.94. The fourth-order valence-electron chi connectivity index (χ4n) is 8.32. The number of ether oxygens (including phenoxy) is 1. The van der Waals surface area contributed by atoms with Crippen LogP contribution in [0.5, 0.6) is 5.75 Å². The third-order valence-corrected chi connectivity index (χ3v) is 11.7. The van der Waals surface area contributed by atoms with Crippen LogP contribution in [-0.2, 0) is 21.7 Å². The summed E-state index contributed by atoms with van der Waals surface area (Å²) < 4.78 is 5.93. The van der Waals surface area contributed by atoms with Gasteiger partial charge in [-0.15, -0.1) is 0 Å². The van der Waals surface area contributed by atoms with Crippen LogP contribution < -0.4 is 15.4 Å². The molecule has 0 spiro atoms. The van der Waals surface area contributed by atoms with Crippen LogP contribution in [0, 0.1) is 0 Å². The lowest BCUT2D eigenvalue weighted by atomic mass is 9.92. The molecule has 0 bridgehead atoms. The molecule has 0 saturated heterocycles. The summed E-state index contributed by atoms with van der Waals surface area (Å²) >= 11 is 0. The number of ketones is 3. The van der Waals surface area contributed by atoms with Crippen molar-refractivity contribution in [3.63, 3.8) is 0 Å². The molecule has 7 rings (SSSR count). The zero-order valence-electron chi connectivity index (χ0n) is 34.9. The van der Waals surface area contributed by atoms with Crippen molar-refractivity contribution < 1.29 is 38.3 Å². The number of aromatic amines is 1. The van der Waals surface area contributed by atoms with Crippen molar-refractivity contribution in [1.82, 2.24) is 30.2 Å². The van der Waals surface area contributed by atoms with Gasteiger partial charge in [-0.1, -0.05) is 61.4 Å². The van der Waals surface area contributed by atoms with Crippen molar-refractivity contribution in [3.05, 3.63) is 112 Å². The Morgan fingerprint density at radius 2 is 1.62 bits per heavy atom. The molecule has 15 nitrogen and oxygen atoms in total. The van der Waals surface area contributed by atoms with E-state index in [1.807, 2.05) is 63.2 Å². The summed E-state index contributed by atoms with van der Waals surface area (Å²) in [6.07, 6.45) is 3.19. The molecular weight excluding hydrogens is 779 g/mol. The van der Waals surface area contributed by atoms with Gasteiger partial charge in [-0.3, -0.25) is 38.8 Å². The molecule has 3 N–H and O–H groups in total. The lowest BCUT2D eigenvalue weighted by Gasteiger charge is -2.34. The molecule has 15 heteroatoms. The van der Waals surface area contributed by atoms with Crippen LogP contribution in [-0.4, -0.2) is 99.3 Å². The summed E-state index contributed by atoms with van der Waals surface area (Å²) in [7, 11) is 3.92. The van der Waals surface area contributed by atoms with E-state index in [2.05, 4.69) is 20.8 Å². The van der Waals surface area contributed by atoms with Gasteiger partial charge in [0.25, 0.3) is 17.7 Å². The number of hydrogen-bond donors (Lipinski definition) is 3. The molecule has 3 aliphatic rings. The molecule has 61 heavy (non-hydrogen) atoms. The van der Waals surface area contributed by atoms with Crippen molar-refractivity contribution >= 4 is 46.9 Å². The minimum atomic E-state index is -0.942. The molecule has 4 aromatic rings. The zero-order valence-corrected chi connectivity index (χ0v) is 34.9. The first-order valence-electron chi connectivity index (χ1n) is 20.7. The number of Topliss-reactive ketones (excluding diaryl/α,β-unsaturated/α-hetero) is 3. The Morgan fingerprint density at radius 3 is 2.34 bits per heavy atom. The van der Waals surface area contributed by atoms with Crippen LogP contribution >= 0.6 is 0 Å². The number of amides is 5. The number of fused-ring (bicyclic) bond motifs is 2. The number of carbonyl (C=O) groups excluding carboxylic acids is 7. The Hall–Kier alpha value is -6.48. The highest BCUT2D eigenvalue weighted by Gasteiger charge is 2.46. The van der Waals surface area contributed by atoms with Crippen molar-refractivity contribution in [2.24, 2.45) is 0 Å². The number of H-pyrrole nitrogens is 1. The molecule has 2 atom stereocenters. The van der Waals surface area contributed by atoms with Gasteiger partial charge in [-0.25, -0.2) is 4.79 Å². The predicted molar refractivity (Wildman–Crippen MR) is 225 cm³/mol. The highest BCUT2D eigenvalue weighted by atomic mass is 16.5. The van der Waals surface area contributed by atoms with E-state index in [0.29, 0.717) is 49.4 Å². The number of urea groups is 1. The van der Waals surface area contributed by atoms with E-state index in [1.165, 1.54) is 0 Å². The lowest BCUT2D eigenvalue weighted by molar-refractivity contribution is -0.132. The average molecular weight is 830 g/mol. The number of nitrogens with one attached hydrogen (secondary N) is 3. The molecular formula is C46H51N7O8. The number of imide groups is 1. The predicted octanol–water partition coefficient (Wildman–Crippen LogP) is 6.22. The number of carbonyl (C=O) groups is 7. The molecule has 1 unspecified atom stereocenters.